The second-order valence-electron chi connectivity index (χ2n) is 5.51. The molecule has 0 aliphatic rings. The van der Waals surface area contributed by atoms with Crippen LogP contribution < -0.4 is 5.32 Å². The lowest BCUT2D eigenvalue weighted by Gasteiger charge is -2.12. The summed E-state index contributed by atoms with van der Waals surface area (Å²) in [5, 5.41) is 2.43. The first kappa shape index (κ1) is 19.0. The summed E-state index contributed by atoms with van der Waals surface area (Å²) in [7, 11) is 0. The number of halogens is 4. The van der Waals surface area contributed by atoms with Gasteiger partial charge in [0.2, 0.25) is 0 Å². The molecule has 4 nitrogen and oxygen atoms in total. The van der Waals surface area contributed by atoms with E-state index in [9.17, 15) is 22.4 Å². The van der Waals surface area contributed by atoms with E-state index < -0.39 is 17.2 Å². The van der Waals surface area contributed by atoms with E-state index >= 15 is 0 Å². The van der Waals surface area contributed by atoms with Crippen molar-refractivity contribution in [2.75, 3.05) is 5.32 Å². The van der Waals surface area contributed by atoms with Crippen LogP contribution in [0.4, 0.5) is 23.2 Å². The quantitative estimate of drug-likeness (QED) is 0.489. The molecule has 0 saturated heterocycles. The number of nitrogens with one attached hydrogen (secondary N) is 1. The predicted molar refractivity (Wildman–Crippen MR) is 94.6 cm³/mol. The van der Waals surface area contributed by atoms with Crippen molar-refractivity contribution in [3.63, 3.8) is 0 Å². The minimum atomic E-state index is -4.52. The molecule has 27 heavy (non-hydrogen) atoms. The summed E-state index contributed by atoms with van der Waals surface area (Å²) in [6.07, 6.45) is 3.12. The SMILES string of the molecule is Cc1nccn1-c1ccc(NC(=O)c2ccccc2SC(F)(F)F)cc1F. The van der Waals surface area contributed by atoms with Crippen molar-refractivity contribution in [2.24, 2.45) is 0 Å². The Hall–Kier alpha value is -2.81. The van der Waals surface area contributed by atoms with Crippen LogP contribution in [-0.2, 0) is 0 Å². The summed E-state index contributed by atoms with van der Waals surface area (Å²) < 4.78 is 53.9. The third-order valence-electron chi connectivity index (χ3n) is 3.65. The number of aromatic nitrogens is 2. The van der Waals surface area contributed by atoms with Crippen LogP contribution in [0.15, 0.2) is 59.8 Å². The Labute approximate surface area is 156 Å². The lowest BCUT2D eigenvalue weighted by Crippen LogP contribution is -2.14. The molecule has 3 aromatic rings. The van der Waals surface area contributed by atoms with E-state index in [0.717, 1.165) is 6.07 Å². The van der Waals surface area contributed by atoms with Crippen molar-refractivity contribution in [1.29, 1.82) is 0 Å². The fourth-order valence-electron chi connectivity index (χ4n) is 2.48. The number of benzene rings is 2. The van der Waals surface area contributed by atoms with Crippen LogP contribution in [0.3, 0.4) is 0 Å². The Morgan fingerprint density at radius 1 is 1.19 bits per heavy atom. The van der Waals surface area contributed by atoms with Gasteiger partial charge in [-0.2, -0.15) is 13.2 Å². The normalized spacial score (nSPS) is 11.4. The van der Waals surface area contributed by atoms with Gasteiger partial charge in [0.1, 0.15) is 11.6 Å². The number of hydrogen-bond acceptors (Lipinski definition) is 3. The summed E-state index contributed by atoms with van der Waals surface area (Å²) in [5.74, 6) is -0.774. The van der Waals surface area contributed by atoms with Gasteiger partial charge in [0, 0.05) is 23.0 Å². The summed E-state index contributed by atoms with van der Waals surface area (Å²) >= 11 is -0.373. The molecule has 3 rings (SSSR count). The highest BCUT2D eigenvalue weighted by Gasteiger charge is 2.31. The van der Waals surface area contributed by atoms with Gasteiger partial charge in [0.15, 0.2) is 0 Å². The number of amides is 1. The van der Waals surface area contributed by atoms with Crippen LogP contribution in [0.1, 0.15) is 16.2 Å². The zero-order chi connectivity index (χ0) is 19.6. The van der Waals surface area contributed by atoms with E-state index in [2.05, 4.69) is 10.3 Å². The predicted octanol–water partition coefficient (Wildman–Crippen LogP) is 5.18. The molecule has 0 radical (unpaired) electrons. The minimum absolute atomic E-state index is 0.130. The lowest BCUT2D eigenvalue weighted by atomic mass is 10.2. The van der Waals surface area contributed by atoms with Crippen molar-refractivity contribution in [2.45, 2.75) is 17.3 Å². The molecular formula is C18H13F4N3OS. The summed E-state index contributed by atoms with van der Waals surface area (Å²) in [5.41, 5.74) is -4.29. The monoisotopic (exact) mass is 395 g/mol. The van der Waals surface area contributed by atoms with Crippen LogP contribution in [0.2, 0.25) is 0 Å². The van der Waals surface area contributed by atoms with Crippen molar-refractivity contribution < 1.29 is 22.4 Å². The molecule has 0 unspecified atom stereocenters. The number of aryl methyl sites for hydroxylation is 1. The van der Waals surface area contributed by atoms with E-state index in [4.69, 9.17) is 0 Å². The van der Waals surface area contributed by atoms with E-state index in [1.807, 2.05) is 0 Å². The summed E-state index contributed by atoms with van der Waals surface area (Å²) in [4.78, 5) is 16.2. The largest absolute Gasteiger partial charge is 0.446 e. The average molecular weight is 395 g/mol. The molecule has 140 valence electrons. The van der Waals surface area contributed by atoms with Crippen molar-refractivity contribution in [3.05, 3.63) is 72.1 Å². The number of rotatable bonds is 4. The summed E-state index contributed by atoms with van der Waals surface area (Å²) in [6, 6.07) is 9.38. The van der Waals surface area contributed by atoms with E-state index in [1.54, 1.807) is 13.1 Å². The van der Waals surface area contributed by atoms with Crippen LogP contribution in [-0.4, -0.2) is 21.0 Å². The lowest BCUT2D eigenvalue weighted by molar-refractivity contribution is -0.0328. The molecule has 0 spiro atoms. The number of alkyl halides is 3. The maximum absolute atomic E-state index is 14.4. The first-order chi connectivity index (χ1) is 12.7. The first-order valence-corrected chi connectivity index (χ1v) is 8.52. The molecule has 0 fully saturated rings. The number of hydrogen-bond donors (Lipinski definition) is 1. The Morgan fingerprint density at radius 2 is 1.93 bits per heavy atom. The summed E-state index contributed by atoms with van der Waals surface area (Å²) in [6.45, 7) is 1.71. The van der Waals surface area contributed by atoms with E-state index in [0.29, 0.717) is 5.82 Å². The third-order valence-corrected chi connectivity index (χ3v) is 4.46. The van der Waals surface area contributed by atoms with Crippen LogP contribution >= 0.6 is 11.8 Å². The fourth-order valence-corrected chi connectivity index (χ4v) is 3.15. The van der Waals surface area contributed by atoms with Gasteiger partial charge in [-0.05, 0) is 49.0 Å². The van der Waals surface area contributed by atoms with Gasteiger partial charge in [-0.25, -0.2) is 9.37 Å². The number of imidazole rings is 1. The van der Waals surface area contributed by atoms with Crippen molar-refractivity contribution >= 4 is 23.4 Å². The molecule has 1 aromatic heterocycles. The second-order valence-corrected chi connectivity index (χ2v) is 6.62. The number of nitrogens with zero attached hydrogens (tertiary/aromatic N) is 2. The van der Waals surface area contributed by atoms with Gasteiger partial charge in [0.05, 0.1) is 11.3 Å². The zero-order valence-electron chi connectivity index (χ0n) is 13.9. The molecule has 0 bridgehead atoms. The highest BCUT2D eigenvalue weighted by Crippen LogP contribution is 2.38. The van der Waals surface area contributed by atoms with E-state index in [1.165, 1.54) is 47.2 Å². The molecule has 1 amide bonds. The number of carbonyl (C=O) groups excluding carboxylic acids is 1. The molecule has 0 saturated carbocycles. The topological polar surface area (TPSA) is 46.9 Å². The van der Waals surface area contributed by atoms with Crippen LogP contribution in [0, 0.1) is 12.7 Å². The second kappa shape index (κ2) is 7.43. The van der Waals surface area contributed by atoms with Gasteiger partial charge in [-0.1, -0.05) is 12.1 Å². The Kier molecular flexibility index (Phi) is 5.22. The molecule has 0 aliphatic carbocycles. The molecule has 1 heterocycles. The van der Waals surface area contributed by atoms with Gasteiger partial charge in [-0.3, -0.25) is 4.79 Å². The molecular weight excluding hydrogens is 382 g/mol. The molecule has 0 atom stereocenters. The van der Waals surface area contributed by atoms with Crippen molar-refractivity contribution in [3.8, 4) is 5.69 Å². The van der Waals surface area contributed by atoms with Crippen LogP contribution in [0.5, 0.6) is 0 Å². The fraction of sp³-hybridized carbons (Fsp3) is 0.111. The van der Waals surface area contributed by atoms with Gasteiger partial charge in [0.25, 0.3) is 5.91 Å². The molecule has 1 N–H and O–H groups in total. The maximum atomic E-state index is 14.4. The van der Waals surface area contributed by atoms with Crippen LogP contribution in [0.25, 0.3) is 5.69 Å². The highest BCUT2D eigenvalue weighted by atomic mass is 32.2. The number of anilines is 1. The molecule has 2 aromatic carbocycles. The highest BCUT2D eigenvalue weighted by molar-refractivity contribution is 8.00. The van der Waals surface area contributed by atoms with Crippen molar-refractivity contribution in [1.82, 2.24) is 9.55 Å². The first-order valence-electron chi connectivity index (χ1n) is 7.70. The Bertz CT molecular complexity index is 985. The molecule has 9 heteroatoms. The van der Waals surface area contributed by atoms with Gasteiger partial charge >= 0.3 is 5.51 Å². The third kappa shape index (κ3) is 4.48. The smallest absolute Gasteiger partial charge is 0.322 e. The number of thioether (sulfide) groups is 1. The standard InChI is InChI=1S/C18H13F4N3OS/c1-11-23-8-9-25(11)15-7-6-12(10-14(15)19)24-17(26)13-4-2-3-5-16(13)27-18(20,21)22/h2-10H,1H3,(H,24,26). The van der Waals surface area contributed by atoms with Gasteiger partial charge < -0.3 is 9.88 Å². The van der Waals surface area contributed by atoms with Gasteiger partial charge in [-0.15, -0.1) is 0 Å². The molecule has 0 aliphatic heterocycles. The minimum Gasteiger partial charge on any atom is -0.322 e. The van der Waals surface area contributed by atoms with E-state index in [-0.39, 0.29) is 33.6 Å². The Balaban J connectivity index is 1.83. The average Bonchev–Trinajstić information content (AvgIpc) is 3.00. The zero-order valence-corrected chi connectivity index (χ0v) is 14.7. The maximum Gasteiger partial charge on any atom is 0.446 e. The Morgan fingerprint density at radius 3 is 2.56 bits per heavy atom. The number of carbonyl (C=O) groups is 1.